The minimum absolute atomic E-state index is 0. The van der Waals surface area contributed by atoms with Crippen molar-refractivity contribution < 1.29 is 24.5 Å². The molecule has 1 radical (unpaired) electrons. The molecular formula is C46H55IrN3OSi-2. The Labute approximate surface area is 326 Å². The number of benzene rings is 2. The first-order valence-corrected chi connectivity index (χ1v) is 22.3. The van der Waals surface area contributed by atoms with Gasteiger partial charge in [0.25, 0.3) is 0 Å². The van der Waals surface area contributed by atoms with E-state index in [1.807, 2.05) is 30.5 Å². The van der Waals surface area contributed by atoms with E-state index in [0.717, 1.165) is 57.6 Å². The molecule has 0 saturated heterocycles. The number of rotatable bonds is 6. The summed E-state index contributed by atoms with van der Waals surface area (Å²) in [5, 5.41) is 3.59. The number of furan rings is 1. The van der Waals surface area contributed by atoms with Gasteiger partial charge in [0.05, 0.1) is 13.7 Å². The van der Waals surface area contributed by atoms with E-state index in [1.54, 1.807) is 6.20 Å². The van der Waals surface area contributed by atoms with Crippen molar-refractivity contribution in [1.82, 2.24) is 15.0 Å². The van der Waals surface area contributed by atoms with Gasteiger partial charge in [-0.05, 0) is 64.4 Å². The maximum absolute atomic E-state index is 6.05. The molecular weight excluding hydrogens is 831 g/mol. The minimum atomic E-state index is -1.41. The summed E-state index contributed by atoms with van der Waals surface area (Å²) >= 11 is 0. The SMILES string of the molecule is CC(C)(C)Cc1cc(-c2[c-]cc(C(C)(C)C)cc2)ncc1[Si](C)(C)C.[Ir].[c-]1ccc2c(oc3ncccc32)c1-c1cc(CC2CCCCC2)ccn1. The van der Waals surface area contributed by atoms with Gasteiger partial charge in [0.1, 0.15) is 0 Å². The van der Waals surface area contributed by atoms with Gasteiger partial charge in [-0.2, -0.15) is 0 Å². The molecule has 0 N–H and O–H groups in total. The molecule has 4 nitrogen and oxygen atoms in total. The van der Waals surface area contributed by atoms with E-state index in [9.17, 15) is 0 Å². The Balaban J connectivity index is 0.000000198. The number of hydrogen-bond donors (Lipinski definition) is 0. The van der Waals surface area contributed by atoms with Gasteiger partial charge in [-0.1, -0.05) is 127 Å². The summed E-state index contributed by atoms with van der Waals surface area (Å²) in [6.45, 7) is 20.8. The Bertz CT molecular complexity index is 2090. The predicted octanol–water partition coefficient (Wildman–Crippen LogP) is 11.9. The molecule has 1 aliphatic carbocycles. The third kappa shape index (κ3) is 9.75. The van der Waals surface area contributed by atoms with Gasteiger partial charge in [0, 0.05) is 44.1 Å². The topological polar surface area (TPSA) is 51.8 Å². The molecule has 0 amide bonds. The summed E-state index contributed by atoms with van der Waals surface area (Å²) in [7, 11) is -1.41. The Morgan fingerprint density at radius 2 is 1.58 bits per heavy atom. The average molecular weight is 886 g/mol. The van der Waals surface area contributed by atoms with E-state index in [1.165, 1.54) is 54.0 Å². The van der Waals surface area contributed by atoms with Gasteiger partial charge in [-0.3, -0.25) is 0 Å². The molecule has 1 fully saturated rings. The Morgan fingerprint density at radius 3 is 2.25 bits per heavy atom. The first-order chi connectivity index (χ1) is 24.2. The summed E-state index contributed by atoms with van der Waals surface area (Å²) in [6, 6.07) is 27.9. The largest absolute Gasteiger partial charge is 0.486 e. The molecule has 2 aromatic carbocycles. The fourth-order valence-corrected chi connectivity index (χ4v) is 8.89. The third-order valence-electron chi connectivity index (χ3n) is 10.0. The molecule has 275 valence electrons. The molecule has 0 atom stereocenters. The van der Waals surface area contributed by atoms with Crippen LogP contribution in [0.2, 0.25) is 19.6 Å². The predicted molar refractivity (Wildman–Crippen MR) is 217 cm³/mol. The minimum Gasteiger partial charge on any atom is -0.486 e. The molecule has 6 heteroatoms. The number of aromatic nitrogens is 3. The fourth-order valence-electron chi connectivity index (χ4n) is 7.32. The molecule has 0 spiro atoms. The van der Waals surface area contributed by atoms with Crippen LogP contribution in [0.3, 0.4) is 0 Å². The van der Waals surface area contributed by atoms with Crippen LogP contribution in [-0.4, -0.2) is 23.0 Å². The summed E-state index contributed by atoms with van der Waals surface area (Å²) < 4.78 is 6.05. The third-order valence-corrected chi connectivity index (χ3v) is 12.1. The summed E-state index contributed by atoms with van der Waals surface area (Å²) in [5.74, 6) is 0.814. The monoisotopic (exact) mass is 886 g/mol. The van der Waals surface area contributed by atoms with Crippen LogP contribution in [0, 0.1) is 23.5 Å². The summed E-state index contributed by atoms with van der Waals surface area (Å²) in [4.78, 5) is 13.8. The van der Waals surface area contributed by atoms with Gasteiger partial charge < -0.3 is 14.4 Å². The molecule has 7 rings (SSSR count). The second-order valence-corrected chi connectivity index (χ2v) is 22.8. The van der Waals surface area contributed by atoms with E-state index >= 15 is 0 Å². The standard InChI is InChI=1S/C23H21N2O.C23H34NSi.Ir/c1-2-6-16(7-3-1)14-17-11-13-24-21(15-17)20-9-4-8-18-19-10-5-12-25-23(19)26-22(18)20;1-22(2,3)15-18-14-20(24-16-21(18)25(7,8)9)17-10-12-19(13-11-17)23(4,5)6;/h4-5,8,10-13,15-16H,1-3,6-7,14H2;10,12-14,16H,15H2,1-9H3;/q2*-1;. The second kappa shape index (κ2) is 16.3. The van der Waals surface area contributed by atoms with Gasteiger partial charge in [-0.15, -0.1) is 53.6 Å². The van der Waals surface area contributed by atoms with Crippen LogP contribution in [0.1, 0.15) is 90.3 Å². The van der Waals surface area contributed by atoms with Crippen molar-refractivity contribution in [3.63, 3.8) is 0 Å². The number of fused-ring (bicyclic) bond motifs is 3. The molecule has 1 saturated carbocycles. The van der Waals surface area contributed by atoms with Gasteiger partial charge in [0.2, 0.25) is 5.71 Å². The Morgan fingerprint density at radius 1 is 0.808 bits per heavy atom. The molecule has 52 heavy (non-hydrogen) atoms. The first-order valence-electron chi connectivity index (χ1n) is 18.8. The molecule has 4 aromatic heterocycles. The first kappa shape index (κ1) is 39.8. The number of pyridine rings is 3. The van der Waals surface area contributed by atoms with Crippen LogP contribution in [0.5, 0.6) is 0 Å². The van der Waals surface area contributed by atoms with Crippen molar-refractivity contribution in [2.24, 2.45) is 11.3 Å². The van der Waals surface area contributed by atoms with Crippen LogP contribution in [0.4, 0.5) is 0 Å². The van der Waals surface area contributed by atoms with Crippen molar-refractivity contribution in [2.45, 2.75) is 112 Å². The van der Waals surface area contributed by atoms with E-state index < -0.39 is 8.07 Å². The molecule has 0 unspecified atom stereocenters. The zero-order valence-electron chi connectivity index (χ0n) is 32.6. The molecule has 0 bridgehead atoms. The van der Waals surface area contributed by atoms with Crippen LogP contribution < -0.4 is 5.19 Å². The van der Waals surface area contributed by atoms with Gasteiger partial charge in [-0.25, -0.2) is 4.98 Å². The smallest absolute Gasteiger partial charge is 0.216 e. The Kier molecular flexibility index (Phi) is 12.5. The maximum Gasteiger partial charge on any atom is 0.216 e. The van der Waals surface area contributed by atoms with Crippen LogP contribution in [0.25, 0.3) is 44.6 Å². The van der Waals surface area contributed by atoms with Crippen molar-refractivity contribution in [1.29, 1.82) is 0 Å². The normalized spacial score (nSPS) is 14.2. The number of hydrogen-bond acceptors (Lipinski definition) is 4. The van der Waals surface area contributed by atoms with Crippen molar-refractivity contribution in [3.8, 4) is 22.5 Å². The van der Waals surface area contributed by atoms with E-state index in [-0.39, 0.29) is 30.9 Å². The zero-order chi connectivity index (χ0) is 36.4. The second-order valence-electron chi connectivity index (χ2n) is 17.8. The van der Waals surface area contributed by atoms with Crippen LogP contribution in [0.15, 0.2) is 83.7 Å². The van der Waals surface area contributed by atoms with Crippen LogP contribution >= 0.6 is 0 Å². The van der Waals surface area contributed by atoms with Crippen molar-refractivity contribution in [3.05, 3.63) is 108 Å². The van der Waals surface area contributed by atoms with E-state index in [0.29, 0.717) is 5.71 Å². The Hall–Kier alpha value is -3.44. The molecule has 0 aliphatic heterocycles. The summed E-state index contributed by atoms with van der Waals surface area (Å²) in [5.41, 5.74) is 10.0. The van der Waals surface area contributed by atoms with Gasteiger partial charge in [0.15, 0.2) is 0 Å². The van der Waals surface area contributed by atoms with Crippen molar-refractivity contribution >= 4 is 35.3 Å². The molecule has 6 aromatic rings. The van der Waals surface area contributed by atoms with Gasteiger partial charge >= 0.3 is 0 Å². The van der Waals surface area contributed by atoms with Crippen LogP contribution in [-0.2, 0) is 38.4 Å². The van der Waals surface area contributed by atoms with E-state index in [4.69, 9.17) is 9.40 Å². The van der Waals surface area contributed by atoms with Crippen molar-refractivity contribution in [2.75, 3.05) is 0 Å². The fraction of sp³-hybridized carbons (Fsp3) is 0.413. The number of nitrogens with zero attached hydrogens (tertiary/aromatic N) is 3. The molecule has 1 aliphatic rings. The quantitative estimate of drug-likeness (QED) is 0.124. The molecule has 4 heterocycles. The summed E-state index contributed by atoms with van der Waals surface area (Å²) in [6.07, 6.45) is 14.9. The van der Waals surface area contributed by atoms with E-state index in [2.05, 4.69) is 126 Å². The maximum atomic E-state index is 6.05. The average Bonchev–Trinajstić information content (AvgIpc) is 3.47. The zero-order valence-corrected chi connectivity index (χ0v) is 36.0.